The molecule has 5 nitrogen and oxygen atoms in total. The molecule has 1 rings (SSSR count). The number of rotatable bonds is 4. The summed E-state index contributed by atoms with van der Waals surface area (Å²) < 4.78 is 9.95. The van der Waals surface area contributed by atoms with Crippen molar-refractivity contribution in [2.45, 2.75) is 52.1 Å². The molecule has 0 atom stereocenters. The standard InChI is InChI=1S/C17H25NO4/c1-16(2,3)22-15(20)18-13-9-7-8-12(10-13)17(4,5)11-14(19)21-6/h7-10H,11H2,1-6H3,(H,18,20). The summed E-state index contributed by atoms with van der Waals surface area (Å²) in [7, 11) is 1.37. The first-order valence-electron chi connectivity index (χ1n) is 7.21. The second-order valence-corrected chi connectivity index (χ2v) is 6.84. The Bertz CT molecular complexity index is 544. The fourth-order valence-electron chi connectivity index (χ4n) is 1.97. The quantitative estimate of drug-likeness (QED) is 0.857. The van der Waals surface area contributed by atoms with Gasteiger partial charge in [0.15, 0.2) is 0 Å². The zero-order valence-corrected chi connectivity index (χ0v) is 14.1. The average Bonchev–Trinajstić information content (AvgIpc) is 2.36. The largest absolute Gasteiger partial charge is 0.469 e. The third-order valence-electron chi connectivity index (χ3n) is 3.10. The fraction of sp³-hybridized carbons (Fsp3) is 0.529. The van der Waals surface area contributed by atoms with Crippen molar-refractivity contribution in [3.05, 3.63) is 29.8 Å². The number of ether oxygens (including phenoxy) is 2. The normalized spacial score (nSPS) is 11.7. The molecule has 1 aromatic rings. The number of hydrogen-bond donors (Lipinski definition) is 1. The van der Waals surface area contributed by atoms with Crippen molar-refractivity contribution in [3.8, 4) is 0 Å². The average molecular weight is 307 g/mol. The van der Waals surface area contributed by atoms with Crippen molar-refractivity contribution in [3.63, 3.8) is 0 Å². The maximum absolute atomic E-state index is 11.8. The van der Waals surface area contributed by atoms with Crippen LogP contribution in [0, 0.1) is 0 Å². The van der Waals surface area contributed by atoms with E-state index in [1.165, 1.54) is 7.11 Å². The number of anilines is 1. The minimum atomic E-state index is -0.550. The zero-order valence-electron chi connectivity index (χ0n) is 14.1. The Labute approximate surface area is 132 Å². The van der Waals surface area contributed by atoms with Crippen molar-refractivity contribution in [1.82, 2.24) is 0 Å². The van der Waals surface area contributed by atoms with Gasteiger partial charge in [-0.25, -0.2) is 4.79 Å². The molecule has 1 amide bonds. The molecule has 0 spiro atoms. The summed E-state index contributed by atoms with van der Waals surface area (Å²) in [5.41, 5.74) is 0.626. The van der Waals surface area contributed by atoms with E-state index >= 15 is 0 Å². The van der Waals surface area contributed by atoms with Gasteiger partial charge in [-0.2, -0.15) is 0 Å². The van der Waals surface area contributed by atoms with Crippen LogP contribution in [0.15, 0.2) is 24.3 Å². The minimum Gasteiger partial charge on any atom is -0.469 e. The van der Waals surface area contributed by atoms with E-state index in [0.29, 0.717) is 5.69 Å². The Balaban J connectivity index is 2.86. The Morgan fingerprint density at radius 2 is 1.77 bits per heavy atom. The number of amides is 1. The molecule has 1 aromatic carbocycles. The number of benzene rings is 1. The molecule has 0 aromatic heterocycles. The molecule has 0 radical (unpaired) electrons. The van der Waals surface area contributed by atoms with Crippen molar-refractivity contribution in [2.75, 3.05) is 12.4 Å². The fourth-order valence-corrected chi connectivity index (χ4v) is 1.97. The molecule has 0 unspecified atom stereocenters. The molecule has 1 N–H and O–H groups in total. The zero-order chi connectivity index (χ0) is 17.0. The molecule has 0 saturated heterocycles. The maximum atomic E-state index is 11.8. The maximum Gasteiger partial charge on any atom is 0.412 e. The van der Waals surface area contributed by atoms with E-state index in [4.69, 9.17) is 9.47 Å². The van der Waals surface area contributed by atoms with Crippen LogP contribution in [0.1, 0.15) is 46.6 Å². The summed E-state index contributed by atoms with van der Waals surface area (Å²) in [6.45, 7) is 9.33. The molecule has 0 fully saturated rings. The molecule has 0 bridgehead atoms. The van der Waals surface area contributed by atoms with E-state index in [2.05, 4.69) is 5.32 Å². The Kier molecular flexibility index (Phi) is 5.58. The molecule has 0 heterocycles. The van der Waals surface area contributed by atoms with Crippen LogP contribution in [0.5, 0.6) is 0 Å². The summed E-state index contributed by atoms with van der Waals surface area (Å²) in [5, 5.41) is 2.70. The van der Waals surface area contributed by atoms with Gasteiger partial charge in [-0.15, -0.1) is 0 Å². The number of esters is 1. The second-order valence-electron chi connectivity index (χ2n) is 6.84. The van der Waals surface area contributed by atoms with Gasteiger partial charge < -0.3 is 9.47 Å². The van der Waals surface area contributed by atoms with Gasteiger partial charge in [0, 0.05) is 11.1 Å². The minimum absolute atomic E-state index is 0.263. The highest BCUT2D eigenvalue weighted by Gasteiger charge is 2.25. The first kappa shape index (κ1) is 18.0. The molecule has 22 heavy (non-hydrogen) atoms. The smallest absolute Gasteiger partial charge is 0.412 e. The summed E-state index contributed by atoms with van der Waals surface area (Å²) in [5.74, 6) is -0.268. The number of carbonyl (C=O) groups is 2. The van der Waals surface area contributed by atoms with E-state index in [-0.39, 0.29) is 12.4 Å². The van der Waals surface area contributed by atoms with E-state index in [0.717, 1.165) is 5.56 Å². The summed E-state index contributed by atoms with van der Waals surface area (Å²) >= 11 is 0. The van der Waals surface area contributed by atoms with Crippen LogP contribution in [0.3, 0.4) is 0 Å². The molecule has 0 aliphatic rings. The van der Waals surface area contributed by atoms with Crippen LogP contribution in [-0.4, -0.2) is 24.8 Å². The highest BCUT2D eigenvalue weighted by molar-refractivity contribution is 5.85. The number of carbonyl (C=O) groups excluding carboxylic acids is 2. The van der Waals surface area contributed by atoms with Crippen LogP contribution in [-0.2, 0) is 19.7 Å². The van der Waals surface area contributed by atoms with Crippen LogP contribution < -0.4 is 5.32 Å². The van der Waals surface area contributed by atoms with Gasteiger partial charge >= 0.3 is 12.1 Å². The van der Waals surface area contributed by atoms with Gasteiger partial charge in [0.2, 0.25) is 0 Å². The van der Waals surface area contributed by atoms with Gasteiger partial charge in [0.05, 0.1) is 13.5 Å². The number of hydrogen-bond acceptors (Lipinski definition) is 4. The van der Waals surface area contributed by atoms with E-state index in [9.17, 15) is 9.59 Å². The topological polar surface area (TPSA) is 64.6 Å². The summed E-state index contributed by atoms with van der Waals surface area (Å²) in [6.07, 6.45) is -0.241. The summed E-state index contributed by atoms with van der Waals surface area (Å²) in [6, 6.07) is 7.37. The van der Waals surface area contributed by atoms with Crippen LogP contribution in [0.25, 0.3) is 0 Å². The Hall–Kier alpha value is -2.04. The monoisotopic (exact) mass is 307 g/mol. The van der Waals surface area contributed by atoms with Crippen molar-refractivity contribution >= 4 is 17.7 Å². The van der Waals surface area contributed by atoms with Crippen molar-refractivity contribution in [1.29, 1.82) is 0 Å². The SMILES string of the molecule is COC(=O)CC(C)(C)c1cccc(NC(=O)OC(C)(C)C)c1. The highest BCUT2D eigenvalue weighted by atomic mass is 16.6. The lowest BCUT2D eigenvalue weighted by atomic mass is 9.81. The van der Waals surface area contributed by atoms with Gasteiger partial charge in [-0.3, -0.25) is 10.1 Å². The van der Waals surface area contributed by atoms with Gasteiger partial charge in [-0.05, 0) is 38.5 Å². The lowest BCUT2D eigenvalue weighted by Gasteiger charge is -2.25. The third-order valence-corrected chi connectivity index (χ3v) is 3.10. The van der Waals surface area contributed by atoms with Crippen LogP contribution in [0.2, 0.25) is 0 Å². The highest BCUT2D eigenvalue weighted by Crippen LogP contribution is 2.29. The molecule has 0 aliphatic carbocycles. The van der Waals surface area contributed by atoms with Gasteiger partial charge in [-0.1, -0.05) is 26.0 Å². The molecule has 5 heteroatoms. The Morgan fingerprint density at radius 1 is 1.14 bits per heavy atom. The molecule has 0 aliphatic heterocycles. The number of nitrogens with one attached hydrogen (secondary N) is 1. The van der Waals surface area contributed by atoms with Gasteiger partial charge in [0.25, 0.3) is 0 Å². The first-order chi connectivity index (χ1) is 10.0. The molecule has 122 valence electrons. The van der Waals surface area contributed by atoms with E-state index in [1.54, 1.807) is 6.07 Å². The van der Waals surface area contributed by atoms with Crippen LogP contribution in [0.4, 0.5) is 10.5 Å². The van der Waals surface area contributed by atoms with Crippen molar-refractivity contribution < 1.29 is 19.1 Å². The molecule has 0 saturated carbocycles. The summed E-state index contributed by atoms with van der Waals surface area (Å²) in [4.78, 5) is 23.3. The van der Waals surface area contributed by atoms with Crippen molar-refractivity contribution in [2.24, 2.45) is 0 Å². The number of methoxy groups -OCH3 is 1. The third kappa shape index (κ3) is 5.76. The van der Waals surface area contributed by atoms with Gasteiger partial charge in [0.1, 0.15) is 5.60 Å². The van der Waals surface area contributed by atoms with E-state index in [1.807, 2.05) is 52.8 Å². The van der Waals surface area contributed by atoms with Crippen LogP contribution >= 0.6 is 0 Å². The first-order valence-corrected chi connectivity index (χ1v) is 7.21. The van der Waals surface area contributed by atoms with E-state index < -0.39 is 17.1 Å². The lowest BCUT2D eigenvalue weighted by molar-refractivity contribution is -0.141. The second kappa shape index (κ2) is 6.81. The predicted molar refractivity (Wildman–Crippen MR) is 86.0 cm³/mol. The lowest BCUT2D eigenvalue weighted by Crippen LogP contribution is -2.27. The molecular formula is C17H25NO4. The Morgan fingerprint density at radius 3 is 2.32 bits per heavy atom. The predicted octanol–water partition coefficient (Wildman–Crippen LogP) is 3.87. The molecular weight excluding hydrogens is 282 g/mol.